The second kappa shape index (κ2) is 3.97. The Bertz CT molecular complexity index is 369. The van der Waals surface area contributed by atoms with Crippen LogP contribution in [0.5, 0.6) is 0 Å². The molecule has 1 atom stereocenters. The summed E-state index contributed by atoms with van der Waals surface area (Å²) in [6, 6.07) is 0. The third-order valence-electron chi connectivity index (χ3n) is 3.47. The van der Waals surface area contributed by atoms with Crippen LogP contribution in [0.2, 0.25) is 0 Å². The average molecular weight is 238 g/mol. The molecule has 1 aliphatic carbocycles. The highest BCUT2D eigenvalue weighted by Gasteiger charge is 2.52. The van der Waals surface area contributed by atoms with Crippen LogP contribution in [-0.2, 0) is 9.59 Å². The highest BCUT2D eigenvalue weighted by molar-refractivity contribution is 7.80. The summed E-state index contributed by atoms with van der Waals surface area (Å²) < 4.78 is 0. The van der Waals surface area contributed by atoms with Crippen molar-refractivity contribution >= 4 is 29.1 Å². The van der Waals surface area contributed by atoms with Gasteiger partial charge >= 0.3 is 0 Å². The molecule has 0 aromatic carbocycles. The number of amides is 2. The van der Waals surface area contributed by atoms with Crippen molar-refractivity contribution in [3.8, 4) is 0 Å². The summed E-state index contributed by atoms with van der Waals surface area (Å²) in [4.78, 5) is 24.1. The van der Waals surface area contributed by atoms with Crippen LogP contribution >= 0.6 is 12.2 Å². The van der Waals surface area contributed by atoms with Gasteiger partial charge in [0.25, 0.3) is 0 Å². The number of carbonyl (C=O) groups excluding carboxylic acids is 2. The van der Waals surface area contributed by atoms with Crippen molar-refractivity contribution in [2.24, 2.45) is 11.3 Å². The van der Waals surface area contributed by atoms with E-state index in [0.29, 0.717) is 6.42 Å². The molecule has 1 aliphatic heterocycles. The molecule has 5 heteroatoms. The van der Waals surface area contributed by atoms with E-state index < -0.39 is 5.41 Å². The zero-order chi connectivity index (χ0) is 11.8. The first-order chi connectivity index (χ1) is 7.61. The minimum absolute atomic E-state index is 0.0133. The fourth-order valence-electron chi connectivity index (χ4n) is 2.53. The normalized spacial score (nSPS) is 27.8. The summed E-state index contributed by atoms with van der Waals surface area (Å²) >= 11 is 4.80. The molecule has 2 rings (SSSR count). The zero-order valence-electron chi connectivity index (χ0n) is 9.08. The molecule has 0 aromatic rings. The van der Waals surface area contributed by atoms with Crippen LogP contribution in [-0.4, -0.2) is 16.9 Å². The lowest BCUT2D eigenvalue weighted by molar-refractivity contribution is -0.146. The Morgan fingerprint density at radius 3 is 2.50 bits per heavy atom. The van der Waals surface area contributed by atoms with Crippen molar-refractivity contribution in [3.63, 3.8) is 0 Å². The maximum absolute atomic E-state index is 12.1. The molecule has 86 valence electrons. The molecule has 0 saturated carbocycles. The van der Waals surface area contributed by atoms with Crippen molar-refractivity contribution in [2.75, 3.05) is 0 Å². The number of hydrogen-bond donors (Lipinski definition) is 2. The summed E-state index contributed by atoms with van der Waals surface area (Å²) in [7, 11) is 0. The number of carbonyl (C=O) groups is 2. The molecular weight excluding hydrogens is 224 g/mol. The molecule has 1 heterocycles. The van der Waals surface area contributed by atoms with E-state index in [1.54, 1.807) is 0 Å². The van der Waals surface area contributed by atoms with Crippen LogP contribution in [0.3, 0.4) is 0 Å². The van der Waals surface area contributed by atoms with Crippen molar-refractivity contribution in [1.82, 2.24) is 10.6 Å². The Hall–Kier alpha value is -1.23. The van der Waals surface area contributed by atoms with Gasteiger partial charge in [-0.15, -0.1) is 0 Å². The van der Waals surface area contributed by atoms with E-state index in [0.717, 1.165) is 12.8 Å². The number of nitrogens with one attached hydrogen (secondary N) is 2. The first-order valence-electron chi connectivity index (χ1n) is 5.44. The van der Waals surface area contributed by atoms with Crippen LogP contribution in [0.1, 0.15) is 26.2 Å². The van der Waals surface area contributed by atoms with Gasteiger partial charge in [-0.05, 0) is 31.5 Å². The summed E-state index contributed by atoms with van der Waals surface area (Å²) in [6.07, 6.45) is 6.26. The van der Waals surface area contributed by atoms with E-state index >= 15 is 0 Å². The third-order valence-corrected chi connectivity index (χ3v) is 3.67. The summed E-state index contributed by atoms with van der Waals surface area (Å²) in [6.45, 7) is 1.86. The number of allylic oxidation sites excluding steroid dienone is 2. The second-order valence-corrected chi connectivity index (χ2v) is 4.58. The first-order valence-corrected chi connectivity index (χ1v) is 5.85. The van der Waals surface area contributed by atoms with Gasteiger partial charge in [0, 0.05) is 5.92 Å². The summed E-state index contributed by atoms with van der Waals surface area (Å²) in [5.74, 6) is -0.541. The third kappa shape index (κ3) is 1.46. The standard InChI is InChI=1S/C11H14N2O2S/c1-2-11(7-5-3-4-6-7)8(14)12-10(16)13-9(11)15/h3,5,7H,2,4,6H2,1H3,(H2,12,13,14,15,16). The SMILES string of the molecule is CCC1(C2C=CCC2)C(=O)NC(=S)NC1=O. The van der Waals surface area contributed by atoms with Crippen molar-refractivity contribution < 1.29 is 9.59 Å². The van der Waals surface area contributed by atoms with E-state index in [-0.39, 0.29) is 22.8 Å². The maximum Gasteiger partial charge on any atom is 0.242 e. The number of hydrogen-bond acceptors (Lipinski definition) is 3. The zero-order valence-corrected chi connectivity index (χ0v) is 9.89. The Balaban J connectivity index is 2.38. The first kappa shape index (κ1) is 11.3. The monoisotopic (exact) mass is 238 g/mol. The maximum atomic E-state index is 12.1. The molecule has 1 saturated heterocycles. The quantitative estimate of drug-likeness (QED) is 0.426. The van der Waals surface area contributed by atoms with E-state index in [9.17, 15) is 9.59 Å². The van der Waals surface area contributed by atoms with Crippen molar-refractivity contribution in [3.05, 3.63) is 12.2 Å². The van der Waals surface area contributed by atoms with Crippen LogP contribution in [0.25, 0.3) is 0 Å². The molecular formula is C11H14N2O2S. The van der Waals surface area contributed by atoms with Crippen LogP contribution < -0.4 is 10.6 Å². The topological polar surface area (TPSA) is 58.2 Å². The van der Waals surface area contributed by atoms with E-state index in [4.69, 9.17) is 12.2 Å². The fourth-order valence-corrected chi connectivity index (χ4v) is 2.71. The Morgan fingerprint density at radius 1 is 1.44 bits per heavy atom. The van der Waals surface area contributed by atoms with Crippen LogP contribution in [0.4, 0.5) is 0 Å². The van der Waals surface area contributed by atoms with Crippen LogP contribution in [0.15, 0.2) is 12.2 Å². The molecule has 2 N–H and O–H groups in total. The fraction of sp³-hybridized carbons (Fsp3) is 0.545. The Labute approximate surface area is 99.5 Å². The van der Waals surface area contributed by atoms with Crippen LogP contribution in [0, 0.1) is 11.3 Å². The molecule has 0 bridgehead atoms. The average Bonchev–Trinajstić information content (AvgIpc) is 2.71. The second-order valence-electron chi connectivity index (χ2n) is 4.17. The highest BCUT2D eigenvalue weighted by atomic mass is 32.1. The smallest absolute Gasteiger partial charge is 0.242 e. The number of thiocarbonyl (C=S) groups is 1. The largest absolute Gasteiger partial charge is 0.302 e. The van der Waals surface area contributed by atoms with Gasteiger partial charge in [-0.25, -0.2) is 0 Å². The minimum atomic E-state index is -0.977. The molecule has 0 aromatic heterocycles. The van der Waals surface area contributed by atoms with Gasteiger partial charge in [-0.1, -0.05) is 19.1 Å². The van der Waals surface area contributed by atoms with E-state index in [2.05, 4.69) is 10.6 Å². The lowest BCUT2D eigenvalue weighted by atomic mass is 9.70. The Kier molecular flexibility index (Phi) is 2.80. The van der Waals surface area contributed by atoms with Gasteiger partial charge < -0.3 is 10.6 Å². The summed E-state index contributed by atoms with van der Waals surface area (Å²) in [5, 5.41) is 5.22. The van der Waals surface area contributed by atoms with E-state index in [1.165, 1.54) is 0 Å². The van der Waals surface area contributed by atoms with Gasteiger partial charge in [0.05, 0.1) is 0 Å². The Morgan fingerprint density at radius 2 is 2.06 bits per heavy atom. The molecule has 0 radical (unpaired) electrons. The highest BCUT2D eigenvalue weighted by Crippen LogP contribution is 2.40. The molecule has 4 nitrogen and oxygen atoms in total. The lowest BCUT2D eigenvalue weighted by Gasteiger charge is -2.38. The molecule has 16 heavy (non-hydrogen) atoms. The van der Waals surface area contributed by atoms with Gasteiger partial charge in [0.1, 0.15) is 5.41 Å². The van der Waals surface area contributed by atoms with Gasteiger partial charge in [-0.3, -0.25) is 9.59 Å². The molecule has 1 unspecified atom stereocenters. The minimum Gasteiger partial charge on any atom is -0.302 e. The predicted octanol–water partition coefficient (Wildman–Crippen LogP) is 0.880. The molecule has 2 aliphatic rings. The number of rotatable bonds is 2. The van der Waals surface area contributed by atoms with Crippen molar-refractivity contribution in [1.29, 1.82) is 0 Å². The molecule has 2 amide bonds. The predicted molar refractivity (Wildman–Crippen MR) is 63.5 cm³/mol. The molecule has 0 spiro atoms. The summed E-state index contributed by atoms with van der Waals surface area (Å²) in [5.41, 5.74) is -0.977. The van der Waals surface area contributed by atoms with Gasteiger partial charge in [0.2, 0.25) is 11.8 Å². The molecule has 1 fully saturated rings. The van der Waals surface area contributed by atoms with Gasteiger partial charge in [-0.2, -0.15) is 0 Å². The van der Waals surface area contributed by atoms with E-state index in [1.807, 2.05) is 19.1 Å². The lowest BCUT2D eigenvalue weighted by Crippen LogP contribution is -2.64. The van der Waals surface area contributed by atoms with Crippen molar-refractivity contribution in [2.45, 2.75) is 26.2 Å². The van der Waals surface area contributed by atoms with Gasteiger partial charge in [0.15, 0.2) is 5.11 Å².